The van der Waals surface area contributed by atoms with Crippen molar-refractivity contribution in [3.63, 3.8) is 0 Å². The smallest absolute Gasteiger partial charge is 0.306 e. The molecule has 0 N–H and O–H groups in total. The van der Waals surface area contributed by atoms with Crippen molar-refractivity contribution in [2.24, 2.45) is 0 Å². The number of unbranched alkanes of at least 4 members (excludes halogenated alkanes) is 40. The van der Waals surface area contributed by atoms with E-state index in [4.69, 9.17) is 14.2 Å². The second kappa shape index (κ2) is 59.2. The predicted octanol–water partition coefficient (Wildman–Crippen LogP) is 20.8. The Kier molecular flexibility index (Phi) is 57.2. The molecular weight excluding hydrogens is 865 g/mol. The highest BCUT2D eigenvalue weighted by Crippen LogP contribution is 2.18. The Morgan fingerprint density at radius 1 is 0.300 bits per heavy atom. The van der Waals surface area contributed by atoms with E-state index in [1.54, 1.807) is 0 Å². The number of hydrogen-bond donors (Lipinski definition) is 0. The quantitative estimate of drug-likeness (QED) is 0.0261. The molecule has 0 aromatic rings. The number of esters is 3. The summed E-state index contributed by atoms with van der Waals surface area (Å²) in [5.74, 6) is -0.875. The van der Waals surface area contributed by atoms with Crippen LogP contribution >= 0.6 is 0 Å². The van der Waals surface area contributed by atoms with Crippen molar-refractivity contribution in [3.8, 4) is 0 Å². The molecule has 1 atom stereocenters. The molecule has 0 heterocycles. The first-order valence-corrected chi connectivity index (χ1v) is 31.0. The SMILES string of the molecule is CC/C=C\C/C=C\C/C=C\CCCCCCCCCC(=O)OC(COC(=O)CCCCCCCC)COC(=O)CCCCCCCCCCCCCCCCCCCCCCCCCCCCCCC. The van der Waals surface area contributed by atoms with Gasteiger partial charge in [0, 0.05) is 19.3 Å². The zero-order valence-electron chi connectivity index (χ0n) is 47.1. The molecular formula is C64H118O6. The lowest BCUT2D eigenvalue weighted by atomic mass is 10.0. The van der Waals surface area contributed by atoms with E-state index in [0.717, 1.165) is 83.5 Å². The van der Waals surface area contributed by atoms with E-state index in [2.05, 4.69) is 57.2 Å². The van der Waals surface area contributed by atoms with Crippen LogP contribution in [0.4, 0.5) is 0 Å². The Labute approximate surface area is 435 Å². The molecule has 0 spiro atoms. The summed E-state index contributed by atoms with van der Waals surface area (Å²) in [6.07, 6.45) is 72.0. The van der Waals surface area contributed by atoms with Crippen LogP contribution in [0.1, 0.15) is 335 Å². The number of allylic oxidation sites excluding steroid dienone is 6. The standard InChI is InChI=1S/C64H118O6/c1-4-7-10-13-16-18-20-22-24-26-27-28-29-30-31-32-33-34-35-36-37-39-40-42-44-46-48-51-54-57-63(66)69-60-61(59-68-62(65)56-53-50-15-12-9-6-3)70-64(67)58-55-52-49-47-45-43-41-38-25-23-21-19-17-14-11-8-5-2/h8,11,17,19,23,25,61H,4-7,9-10,12-16,18,20-22,24,26-60H2,1-3H3/b11-8-,19-17-,25-23-. The maximum Gasteiger partial charge on any atom is 0.306 e. The first-order valence-electron chi connectivity index (χ1n) is 31.0. The van der Waals surface area contributed by atoms with Gasteiger partial charge in [0.2, 0.25) is 0 Å². The molecule has 0 aliphatic carbocycles. The van der Waals surface area contributed by atoms with Gasteiger partial charge in [-0.05, 0) is 51.4 Å². The maximum absolute atomic E-state index is 12.8. The van der Waals surface area contributed by atoms with E-state index in [1.165, 1.54) is 212 Å². The Bertz CT molecular complexity index is 1170. The van der Waals surface area contributed by atoms with E-state index in [1.807, 2.05) is 0 Å². The van der Waals surface area contributed by atoms with Crippen LogP contribution in [0.2, 0.25) is 0 Å². The van der Waals surface area contributed by atoms with Gasteiger partial charge in [-0.2, -0.15) is 0 Å². The van der Waals surface area contributed by atoms with Crippen LogP contribution < -0.4 is 0 Å². The average molecular weight is 984 g/mol. The van der Waals surface area contributed by atoms with Gasteiger partial charge in [0.15, 0.2) is 6.10 Å². The van der Waals surface area contributed by atoms with E-state index >= 15 is 0 Å². The van der Waals surface area contributed by atoms with Gasteiger partial charge in [-0.1, -0.05) is 301 Å². The van der Waals surface area contributed by atoms with E-state index in [-0.39, 0.29) is 31.1 Å². The van der Waals surface area contributed by atoms with Gasteiger partial charge in [0.25, 0.3) is 0 Å². The van der Waals surface area contributed by atoms with Crippen LogP contribution in [0.3, 0.4) is 0 Å². The number of rotatable bonds is 57. The van der Waals surface area contributed by atoms with E-state index < -0.39 is 6.10 Å². The summed E-state index contributed by atoms with van der Waals surface area (Å²) in [6.45, 7) is 6.51. The lowest BCUT2D eigenvalue weighted by Gasteiger charge is -2.18. The molecule has 6 heteroatoms. The minimum absolute atomic E-state index is 0.0725. The number of carbonyl (C=O) groups is 3. The monoisotopic (exact) mass is 983 g/mol. The van der Waals surface area contributed by atoms with Crippen molar-refractivity contribution in [1.82, 2.24) is 0 Å². The molecule has 0 aromatic carbocycles. The first-order chi connectivity index (χ1) is 34.5. The van der Waals surface area contributed by atoms with E-state index in [0.29, 0.717) is 19.3 Å². The van der Waals surface area contributed by atoms with Gasteiger partial charge in [-0.3, -0.25) is 14.4 Å². The second-order valence-corrected chi connectivity index (χ2v) is 21.0. The molecule has 0 rings (SSSR count). The topological polar surface area (TPSA) is 78.9 Å². The molecule has 0 radical (unpaired) electrons. The van der Waals surface area contributed by atoms with Gasteiger partial charge in [-0.15, -0.1) is 0 Å². The van der Waals surface area contributed by atoms with Crippen LogP contribution in [0.15, 0.2) is 36.5 Å². The lowest BCUT2D eigenvalue weighted by molar-refractivity contribution is -0.167. The summed E-state index contributed by atoms with van der Waals surface area (Å²) in [5.41, 5.74) is 0. The van der Waals surface area contributed by atoms with Crippen molar-refractivity contribution >= 4 is 17.9 Å². The largest absolute Gasteiger partial charge is 0.462 e. The zero-order chi connectivity index (χ0) is 50.7. The summed E-state index contributed by atoms with van der Waals surface area (Å²) < 4.78 is 16.8. The Morgan fingerprint density at radius 2 is 0.557 bits per heavy atom. The summed E-state index contributed by atoms with van der Waals surface area (Å²) in [6, 6.07) is 0. The summed E-state index contributed by atoms with van der Waals surface area (Å²) in [4.78, 5) is 37.9. The van der Waals surface area contributed by atoms with Crippen molar-refractivity contribution < 1.29 is 28.6 Å². The minimum Gasteiger partial charge on any atom is -0.462 e. The molecule has 0 aromatic heterocycles. The zero-order valence-corrected chi connectivity index (χ0v) is 47.1. The third-order valence-corrected chi connectivity index (χ3v) is 13.9. The molecule has 0 saturated carbocycles. The first kappa shape index (κ1) is 67.6. The van der Waals surface area contributed by atoms with Crippen LogP contribution in [-0.4, -0.2) is 37.2 Å². The molecule has 6 nitrogen and oxygen atoms in total. The number of carbonyl (C=O) groups excluding carboxylic acids is 3. The van der Waals surface area contributed by atoms with Crippen LogP contribution in [0, 0.1) is 0 Å². The van der Waals surface area contributed by atoms with Crippen molar-refractivity contribution in [2.45, 2.75) is 341 Å². The lowest BCUT2D eigenvalue weighted by Crippen LogP contribution is -2.30. The third-order valence-electron chi connectivity index (χ3n) is 13.9. The Balaban J connectivity index is 3.98. The summed E-state index contributed by atoms with van der Waals surface area (Å²) in [7, 11) is 0. The molecule has 0 fully saturated rings. The molecule has 70 heavy (non-hydrogen) atoms. The van der Waals surface area contributed by atoms with Gasteiger partial charge in [0.05, 0.1) is 0 Å². The van der Waals surface area contributed by atoms with Crippen LogP contribution in [0.5, 0.6) is 0 Å². The predicted molar refractivity (Wildman–Crippen MR) is 302 cm³/mol. The summed E-state index contributed by atoms with van der Waals surface area (Å²) >= 11 is 0. The molecule has 0 aliphatic heterocycles. The summed E-state index contributed by atoms with van der Waals surface area (Å²) in [5, 5.41) is 0. The fraction of sp³-hybridized carbons (Fsp3) is 0.859. The van der Waals surface area contributed by atoms with Gasteiger partial charge in [0.1, 0.15) is 13.2 Å². The van der Waals surface area contributed by atoms with Crippen LogP contribution in [0.25, 0.3) is 0 Å². The van der Waals surface area contributed by atoms with E-state index in [9.17, 15) is 14.4 Å². The fourth-order valence-electron chi connectivity index (χ4n) is 9.28. The van der Waals surface area contributed by atoms with Crippen LogP contribution in [-0.2, 0) is 28.6 Å². The third kappa shape index (κ3) is 56.5. The van der Waals surface area contributed by atoms with Gasteiger partial charge < -0.3 is 14.2 Å². The second-order valence-electron chi connectivity index (χ2n) is 21.0. The molecule has 0 aliphatic rings. The maximum atomic E-state index is 12.8. The van der Waals surface area contributed by atoms with Crippen molar-refractivity contribution in [3.05, 3.63) is 36.5 Å². The molecule has 0 bridgehead atoms. The molecule has 1 unspecified atom stereocenters. The number of ether oxygens (including phenoxy) is 3. The normalized spacial score (nSPS) is 12.2. The van der Waals surface area contributed by atoms with Crippen molar-refractivity contribution in [2.75, 3.05) is 13.2 Å². The Morgan fingerprint density at radius 3 is 0.871 bits per heavy atom. The highest BCUT2D eigenvalue weighted by molar-refractivity contribution is 5.71. The van der Waals surface area contributed by atoms with Crippen molar-refractivity contribution in [1.29, 1.82) is 0 Å². The van der Waals surface area contributed by atoms with Gasteiger partial charge >= 0.3 is 17.9 Å². The Hall–Kier alpha value is -2.37. The molecule has 410 valence electrons. The fourth-order valence-corrected chi connectivity index (χ4v) is 9.28. The van der Waals surface area contributed by atoms with Gasteiger partial charge in [-0.25, -0.2) is 0 Å². The number of hydrogen-bond acceptors (Lipinski definition) is 6. The average Bonchev–Trinajstić information content (AvgIpc) is 3.36. The molecule has 0 saturated heterocycles. The highest BCUT2D eigenvalue weighted by Gasteiger charge is 2.19. The highest BCUT2D eigenvalue weighted by atomic mass is 16.6. The minimum atomic E-state index is -0.772. The molecule has 0 amide bonds.